The second-order valence-corrected chi connectivity index (χ2v) is 7.69. The van der Waals surface area contributed by atoms with Crippen LogP contribution in [0.2, 0.25) is 0 Å². The van der Waals surface area contributed by atoms with E-state index in [1.54, 1.807) is 0 Å². The third-order valence-corrected chi connectivity index (χ3v) is 4.56. The van der Waals surface area contributed by atoms with Crippen LogP contribution in [0.15, 0.2) is 0 Å². The summed E-state index contributed by atoms with van der Waals surface area (Å²) in [6, 6.07) is 1.11. The first-order valence-electron chi connectivity index (χ1n) is 6.77. The summed E-state index contributed by atoms with van der Waals surface area (Å²) in [5.41, 5.74) is 0. The van der Waals surface area contributed by atoms with Crippen molar-refractivity contribution in [1.29, 1.82) is 0 Å². The van der Waals surface area contributed by atoms with Gasteiger partial charge in [-0.1, -0.05) is 0 Å². The lowest BCUT2D eigenvalue weighted by atomic mass is 10.2. The Balaban J connectivity index is 1.71. The molecule has 0 spiro atoms. The van der Waals surface area contributed by atoms with E-state index in [9.17, 15) is 8.42 Å². The average molecular weight is 276 g/mol. The molecule has 0 aromatic rings. The second-order valence-electron chi connectivity index (χ2n) is 5.43. The smallest absolute Gasteiger partial charge is 0.147 e. The lowest BCUT2D eigenvalue weighted by Gasteiger charge is -2.35. The summed E-state index contributed by atoms with van der Waals surface area (Å²) in [6.07, 6.45) is 4.61. The molecule has 0 bridgehead atoms. The van der Waals surface area contributed by atoms with Gasteiger partial charge in [0.05, 0.1) is 19.0 Å². The van der Waals surface area contributed by atoms with Gasteiger partial charge in [-0.25, -0.2) is 8.42 Å². The molecule has 2 rings (SSSR count). The molecule has 1 unspecified atom stereocenters. The zero-order chi connectivity index (χ0) is 13.0. The molecule has 2 fully saturated rings. The number of nitrogens with one attached hydrogen (secondary N) is 1. The van der Waals surface area contributed by atoms with E-state index in [1.165, 1.54) is 19.1 Å². The molecule has 1 N–H and O–H groups in total. The van der Waals surface area contributed by atoms with E-state index in [2.05, 4.69) is 10.2 Å². The van der Waals surface area contributed by atoms with Gasteiger partial charge < -0.3 is 10.1 Å². The van der Waals surface area contributed by atoms with Crippen molar-refractivity contribution in [2.24, 2.45) is 0 Å². The number of morpholine rings is 1. The van der Waals surface area contributed by atoms with Crippen LogP contribution in [-0.4, -0.2) is 70.3 Å². The third-order valence-electron chi connectivity index (χ3n) is 3.53. The number of ether oxygens (including phenoxy) is 1. The van der Waals surface area contributed by atoms with E-state index in [0.29, 0.717) is 12.1 Å². The second kappa shape index (κ2) is 6.32. The Labute approximate surface area is 110 Å². The molecule has 1 aliphatic carbocycles. The zero-order valence-corrected chi connectivity index (χ0v) is 11.9. The Morgan fingerprint density at radius 2 is 2.17 bits per heavy atom. The fourth-order valence-corrected chi connectivity index (χ4v) is 2.95. The molecule has 0 radical (unpaired) electrons. The molecule has 5 nitrogen and oxygen atoms in total. The summed E-state index contributed by atoms with van der Waals surface area (Å²) < 4.78 is 27.8. The van der Waals surface area contributed by atoms with Gasteiger partial charge in [-0.2, -0.15) is 0 Å². The molecule has 18 heavy (non-hydrogen) atoms. The minimum Gasteiger partial charge on any atom is -0.378 e. The van der Waals surface area contributed by atoms with Crippen molar-refractivity contribution in [2.75, 3.05) is 44.9 Å². The van der Waals surface area contributed by atoms with Crippen molar-refractivity contribution >= 4 is 9.84 Å². The van der Waals surface area contributed by atoms with Gasteiger partial charge in [-0.15, -0.1) is 0 Å². The van der Waals surface area contributed by atoms with Gasteiger partial charge in [0.15, 0.2) is 0 Å². The van der Waals surface area contributed by atoms with Gasteiger partial charge in [-0.3, -0.25) is 4.90 Å². The largest absolute Gasteiger partial charge is 0.378 e. The number of rotatable bonds is 7. The van der Waals surface area contributed by atoms with E-state index in [1.807, 2.05) is 0 Å². The van der Waals surface area contributed by atoms with E-state index >= 15 is 0 Å². The standard InChI is InChI=1S/C12H24N2O3S/c1-18(15,16)8-2-5-14-6-7-17-10-12(14)9-13-11-3-4-11/h11-13H,2-10H2,1H3. The quantitative estimate of drug-likeness (QED) is 0.702. The Hall–Kier alpha value is -0.170. The Morgan fingerprint density at radius 3 is 2.83 bits per heavy atom. The lowest BCUT2D eigenvalue weighted by molar-refractivity contribution is -0.00663. The van der Waals surface area contributed by atoms with Crippen molar-refractivity contribution in [3.05, 3.63) is 0 Å². The van der Waals surface area contributed by atoms with E-state index in [0.717, 1.165) is 39.3 Å². The summed E-state index contributed by atoms with van der Waals surface area (Å²) >= 11 is 0. The van der Waals surface area contributed by atoms with Crippen LogP contribution in [0, 0.1) is 0 Å². The molecule has 1 aliphatic heterocycles. The SMILES string of the molecule is CS(=O)(=O)CCCN1CCOCC1CNC1CC1. The molecule has 1 atom stereocenters. The topological polar surface area (TPSA) is 58.6 Å². The van der Waals surface area contributed by atoms with Crippen LogP contribution < -0.4 is 5.32 Å². The maximum Gasteiger partial charge on any atom is 0.147 e. The van der Waals surface area contributed by atoms with E-state index in [-0.39, 0.29) is 5.75 Å². The number of nitrogens with zero attached hydrogens (tertiary/aromatic N) is 1. The molecule has 0 aromatic heterocycles. The summed E-state index contributed by atoms with van der Waals surface area (Å²) in [5.74, 6) is 0.285. The van der Waals surface area contributed by atoms with Crippen LogP contribution in [0.3, 0.4) is 0 Å². The zero-order valence-electron chi connectivity index (χ0n) is 11.1. The van der Waals surface area contributed by atoms with Gasteiger partial charge in [0, 0.05) is 31.4 Å². The minimum absolute atomic E-state index is 0.285. The summed E-state index contributed by atoms with van der Waals surface area (Å²) in [4.78, 5) is 2.37. The molecule has 1 heterocycles. The summed E-state index contributed by atoms with van der Waals surface area (Å²) in [7, 11) is -2.83. The van der Waals surface area contributed by atoms with Crippen molar-refractivity contribution in [3.63, 3.8) is 0 Å². The Kier molecular flexibility index (Phi) is 5.00. The van der Waals surface area contributed by atoms with Crippen LogP contribution in [0.4, 0.5) is 0 Å². The van der Waals surface area contributed by atoms with Crippen LogP contribution in [0.5, 0.6) is 0 Å². The number of sulfone groups is 1. The van der Waals surface area contributed by atoms with E-state index in [4.69, 9.17) is 4.74 Å². The molecule has 0 aromatic carbocycles. The highest BCUT2D eigenvalue weighted by Gasteiger charge is 2.26. The molecule has 1 saturated carbocycles. The van der Waals surface area contributed by atoms with Crippen molar-refractivity contribution in [3.8, 4) is 0 Å². The van der Waals surface area contributed by atoms with E-state index < -0.39 is 9.84 Å². The Bertz CT molecular complexity index is 354. The van der Waals surface area contributed by atoms with Gasteiger partial charge in [-0.05, 0) is 25.8 Å². The Morgan fingerprint density at radius 1 is 1.39 bits per heavy atom. The van der Waals surface area contributed by atoms with Crippen molar-refractivity contribution in [2.45, 2.75) is 31.3 Å². The highest BCUT2D eigenvalue weighted by Crippen LogP contribution is 2.19. The molecular formula is C12H24N2O3S. The number of hydrogen-bond donors (Lipinski definition) is 1. The lowest BCUT2D eigenvalue weighted by Crippen LogP contribution is -2.51. The maximum atomic E-state index is 11.1. The van der Waals surface area contributed by atoms with Gasteiger partial charge in [0.2, 0.25) is 0 Å². The maximum absolute atomic E-state index is 11.1. The van der Waals surface area contributed by atoms with Gasteiger partial charge in [0.25, 0.3) is 0 Å². The highest BCUT2D eigenvalue weighted by molar-refractivity contribution is 7.90. The van der Waals surface area contributed by atoms with Crippen molar-refractivity contribution in [1.82, 2.24) is 10.2 Å². The first-order valence-corrected chi connectivity index (χ1v) is 8.83. The minimum atomic E-state index is -2.83. The first-order chi connectivity index (χ1) is 8.54. The third kappa shape index (κ3) is 5.22. The summed E-state index contributed by atoms with van der Waals surface area (Å²) in [5, 5.41) is 3.52. The molecule has 6 heteroatoms. The van der Waals surface area contributed by atoms with Crippen molar-refractivity contribution < 1.29 is 13.2 Å². The highest BCUT2D eigenvalue weighted by atomic mass is 32.2. The predicted molar refractivity (Wildman–Crippen MR) is 71.5 cm³/mol. The number of hydrogen-bond acceptors (Lipinski definition) is 5. The van der Waals surface area contributed by atoms with Crippen LogP contribution in [-0.2, 0) is 14.6 Å². The molecular weight excluding hydrogens is 252 g/mol. The monoisotopic (exact) mass is 276 g/mol. The summed E-state index contributed by atoms with van der Waals surface area (Å²) in [6.45, 7) is 4.26. The van der Waals surface area contributed by atoms with Crippen LogP contribution >= 0.6 is 0 Å². The van der Waals surface area contributed by atoms with Gasteiger partial charge in [0.1, 0.15) is 9.84 Å². The molecule has 106 valence electrons. The molecule has 2 aliphatic rings. The molecule has 0 amide bonds. The first kappa shape index (κ1) is 14.2. The molecule has 1 saturated heterocycles. The fraction of sp³-hybridized carbons (Fsp3) is 1.00. The van der Waals surface area contributed by atoms with Crippen LogP contribution in [0.25, 0.3) is 0 Å². The fourth-order valence-electron chi connectivity index (χ4n) is 2.29. The van der Waals surface area contributed by atoms with Gasteiger partial charge >= 0.3 is 0 Å². The van der Waals surface area contributed by atoms with Crippen LogP contribution in [0.1, 0.15) is 19.3 Å². The predicted octanol–water partition coefficient (Wildman–Crippen LogP) is -0.126. The average Bonchev–Trinajstić information content (AvgIpc) is 3.10. The normalized spacial score (nSPS) is 26.4.